The van der Waals surface area contributed by atoms with Crippen LogP contribution < -0.4 is 0 Å². The molecule has 0 amide bonds. The molecule has 0 aromatic carbocycles. The second-order valence-corrected chi connectivity index (χ2v) is 10.8. The summed E-state index contributed by atoms with van der Waals surface area (Å²) in [6.45, 7) is 0. The van der Waals surface area contributed by atoms with Gasteiger partial charge in [-0.2, -0.15) is 0 Å². The number of carbonyl (C=O) groups excluding carboxylic acids is 1. The Balaban J connectivity index is 2.37. The van der Waals surface area contributed by atoms with Crippen molar-refractivity contribution in [3.63, 3.8) is 0 Å². The van der Waals surface area contributed by atoms with E-state index in [0.29, 0.717) is 25.7 Å². The van der Waals surface area contributed by atoms with E-state index in [0.717, 1.165) is 12.8 Å². The van der Waals surface area contributed by atoms with Crippen molar-refractivity contribution in [1.29, 1.82) is 0 Å². The molecule has 0 heterocycles. The van der Waals surface area contributed by atoms with Crippen molar-refractivity contribution < 1.29 is 31.8 Å². The first-order chi connectivity index (χ1) is 10.1. The highest BCUT2D eigenvalue weighted by atomic mass is 32.3. The summed E-state index contributed by atoms with van der Waals surface area (Å²) in [6, 6.07) is 0. The summed E-state index contributed by atoms with van der Waals surface area (Å²) in [4.78, 5) is 7.53. The van der Waals surface area contributed by atoms with Gasteiger partial charge in [0.15, 0.2) is 9.87 Å². The largest absolute Gasteiger partial charge is 0.374 e. The van der Waals surface area contributed by atoms with Crippen LogP contribution in [0.25, 0.3) is 0 Å². The third kappa shape index (κ3) is 2.72. The van der Waals surface area contributed by atoms with Crippen LogP contribution in [0.15, 0.2) is 0 Å². The molecule has 7 nitrogen and oxygen atoms in total. The zero-order valence-corrected chi connectivity index (χ0v) is 14.0. The van der Waals surface area contributed by atoms with Gasteiger partial charge in [0.1, 0.15) is 0 Å². The summed E-state index contributed by atoms with van der Waals surface area (Å²) in [5.74, 6) is 0. The minimum absolute atomic E-state index is 0.158. The maximum atomic E-state index is 12.3. The molecule has 2 fully saturated rings. The van der Waals surface area contributed by atoms with Crippen LogP contribution in [-0.4, -0.2) is 41.4 Å². The summed E-state index contributed by atoms with van der Waals surface area (Å²) in [5.41, 5.74) is 0. The number of aliphatic hydroxyl groups is 2. The summed E-state index contributed by atoms with van der Waals surface area (Å²) in [5, 5.41) is 20.5. The van der Waals surface area contributed by atoms with Crippen LogP contribution in [0.2, 0.25) is 0 Å². The second-order valence-electron chi connectivity index (χ2n) is 6.27. The Bertz CT molecular complexity index is 580. The van der Waals surface area contributed by atoms with E-state index in [1.54, 1.807) is 0 Å². The molecule has 0 unspecified atom stereocenters. The number of rotatable bonds is 2. The molecule has 0 saturated heterocycles. The van der Waals surface area contributed by atoms with Crippen molar-refractivity contribution in [2.45, 2.75) is 74.1 Å². The van der Waals surface area contributed by atoms with Gasteiger partial charge in [-0.3, -0.25) is 4.79 Å². The van der Waals surface area contributed by atoms with Crippen molar-refractivity contribution in [2.24, 2.45) is 0 Å². The first-order valence-corrected chi connectivity index (χ1v) is 10.5. The van der Waals surface area contributed by atoms with Gasteiger partial charge in [0, 0.05) is 0 Å². The highest BCUT2D eigenvalue weighted by Crippen LogP contribution is 2.39. The van der Waals surface area contributed by atoms with Crippen LogP contribution in [0.3, 0.4) is 0 Å². The van der Waals surface area contributed by atoms with E-state index in [1.807, 2.05) is 0 Å². The van der Waals surface area contributed by atoms with Gasteiger partial charge in [-0.15, -0.1) is 0 Å². The zero-order valence-electron chi connectivity index (χ0n) is 12.3. The van der Waals surface area contributed by atoms with Crippen LogP contribution in [0, 0.1) is 0 Å². The Morgan fingerprint density at radius 2 is 0.909 bits per heavy atom. The Labute approximate surface area is 130 Å². The van der Waals surface area contributed by atoms with E-state index in [9.17, 15) is 31.8 Å². The third-order valence-corrected chi connectivity index (χ3v) is 9.72. The first-order valence-electron chi connectivity index (χ1n) is 7.55. The highest BCUT2D eigenvalue weighted by molar-refractivity contribution is 8.31. The zero-order chi connectivity index (χ0) is 16.6. The molecule has 2 rings (SSSR count). The van der Waals surface area contributed by atoms with Gasteiger partial charge in [0.05, 0.1) is 0 Å². The fraction of sp³-hybridized carbons (Fsp3) is 0.923. The number of sulfone groups is 2. The van der Waals surface area contributed by atoms with Crippen molar-refractivity contribution >= 4 is 24.1 Å². The third-order valence-electron chi connectivity index (χ3n) is 4.71. The molecule has 2 aliphatic rings. The number of hydrogen-bond donors (Lipinski definition) is 2. The van der Waals surface area contributed by atoms with E-state index in [2.05, 4.69) is 0 Å². The highest BCUT2D eigenvalue weighted by Gasteiger charge is 2.57. The quantitative estimate of drug-likeness (QED) is 0.764. The summed E-state index contributed by atoms with van der Waals surface area (Å²) in [6.07, 6.45) is 2.46. The predicted octanol–water partition coefficient (Wildman–Crippen LogP) is 1.24. The minimum atomic E-state index is -4.94. The standard InChI is InChI=1S/C13H22O7S2/c14-11(21(17,18)12(15)7-3-1-4-8-12)22(19,20)13(16)9-5-2-6-10-13/h15-16H,1-10H2. The number of hydrogen-bond acceptors (Lipinski definition) is 7. The molecule has 2 N–H and O–H groups in total. The van der Waals surface area contributed by atoms with E-state index < -0.39 is 34.0 Å². The van der Waals surface area contributed by atoms with Crippen molar-refractivity contribution in [2.75, 3.05) is 0 Å². The van der Waals surface area contributed by atoms with Gasteiger partial charge in [-0.05, 0) is 51.4 Å². The molecular formula is C13H22O7S2. The van der Waals surface area contributed by atoms with Gasteiger partial charge < -0.3 is 10.2 Å². The fourth-order valence-electron chi connectivity index (χ4n) is 3.20. The maximum Gasteiger partial charge on any atom is 0.365 e. The van der Waals surface area contributed by atoms with Crippen LogP contribution in [0.4, 0.5) is 4.79 Å². The maximum absolute atomic E-state index is 12.3. The molecule has 0 atom stereocenters. The van der Waals surface area contributed by atoms with E-state index in [-0.39, 0.29) is 25.7 Å². The van der Waals surface area contributed by atoms with E-state index in [4.69, 9.17) is 0 Å². The molecule has 9 heteroatoms. The van der Waals surface area contributed by atoms with Gasteiger partial charge in [0.2, 0.25) is 0 Å². The van der Waals surface area contributed by atoms with Crippen LogP contribution in [-0.2, 0) is 19.7 Å². The Kier molecular flexibility index (Phi) is 4.74. The van der Waals surface area contributed by atoms with Crippen LogP contribution in [0.1, 0.15) is 64.2 Å². The summed E-state index contributed by atoms with van der Waals surface area (Å²) in [7, 11) is -9.88. The molecule has 2 saturated carbocycles. The topological polar surface area (TPSA) is 126 Å². The van der Waals surface area contributed by atoms with Gasteiger partial charge in [-0.1, -0.05) is 12.8 Å². The molecular weight excluding hydrogens is 332 g/mol. The lowest BCUT2D eigenvalue weighted by Gasteiger charge is -2.33. The molecule has 128 valence electrons. The van der Waals surface area contributed by atoms with Crippen LogP contribution in [0.5, 0.6) is 0 Å². The summed E-state index contributed by atoms with van der Waals surface area (Å²) < 4.78 is 47.4. The van der Waals surface area contributed by atoms with E-state index in [1.165, 1.54) is 0 Å². The van der Waals surface area contributed by atoms with Crippen LogP contribution >= 0.6 is 0 Å². The number of carbonyl (C=O) groups is 1. The minimum Gasteiger partial charge on any atom is -0.374 e. The average molecular weight is 354 g/mol. The average Bonchev–Trinajstić information content (AvgIpc) is 2.47. The lowest BCUT2D eigenvalue weighted by atomic mass is 9.97. The lowest BCUT2D eigenvalue weighted by Crippen LogP contribution is -2.51. The Morgan fingerprint density at radius 1 is 0.636 bits per heavy atom. The smallest absolute Gasteiger partial charge is 0.365 e. The van der Waals surface area contributed by atoms with Crippen molar-refractivity contribution in [1.82, 2.24) is 0 Å². The first kappa shape index (κ1) is 17.8. The molecule has 2 aliphatic carbocycles. The van der Waals surface area contributed by atoms with Gasteiger partial charge in [-0.25, -0.2) is 16.8 Å². The monoisotopic (exact) mass is 354 g/mol. The van der Waals surface area contributed by atoms with Crippen molar-refractivity contribution in [3.8, 4) is 0 Å². The molecule has 0 spiro atoms. The molecule has 0 aliphatic heterocycles. The molecule has 22 heavy (non-hydrogen) atoms. The second kappa shape index (κ2) is 5.85. The van der Waals surface area contributed by atoms with Gasteiger partial charge in [0.25, 0.3) is 19.7 Å². The van der Waals surface area contributed by atoms with Crippen molar-refractivity contribution in [3.05, 3.63) is 0 Å². The van der Waals surface area contributed by atoms with E-state index >= 15 is 0 Å². The Morgan fingerprint density at radius 3 is 1.18 bits per heavy atom. The molecule has 0 aromatic rings. The summed E-state index contributed by atoms with van der Waals surface area (Å²) >= 11 is 0. The lowest BCUT2D eigenvalue weighted by molar-refractivity contribution is 0.0819. The molecule has 0 aromatic heterocycles. The van der Waals surface area contributed by atoms with Gasteiger partial charge >= 0.3 is 4.45 Å². The fourth-order valence-corrected chi connectivity index (χ4v) is 7.56. The normalized spacial score (nSPS) is 25.5. The predicted molar refractivity (Wildman–Crippen MR) is 79.3 cm³/mol. The molecule has 0 radical (unpaired) electrons. The molecule has 0 bridgehead atoms. The Hall–Kier alpha value is -0.510. The SMILES string of the molecule is O=C(S(=O)(=O)C1(O)CCCCC1)S(=O)(=O)C1(O)CCCCC1.